The molecule has 1 fully saturated rings. The maximum atomic E-state index is 12.4. The van der Waals surface area contributed by atoms with Gasteiger partial charge in [-0.25, -0.2) is 4.79 Å². The molecule has 0 aliphatic carbocycles. The number of benzene rings is 1. The number of carbonyl (C=O) groups is 2. The number of nitrogens with one attached hydrogen (secondary N) is 1. The van der Waals surface area contributed by atoms with E-state index in [2.05, 4.69) is 5.32 Å². The van der Waals surface area contributed by atoms with E-state index in [0.29, 0.717) is 17.3 Å². The molecule has 0 saturated carbocycles. The molecule has 1 aromatic carbocycles. The fourth-order valence-corrected chi connectivity index (χ4v) is 3.20. The van der Waals surface area contributed by atoms with E-state index in [4.69, 9.17) is 9.47 Å². The van der Waals surface area contributed by atoms with Gasteiger partial charge in [0, 0.05) is 11.4 Å². The highest BCUT2D eigenvalue weighted by molar-refractivity contribution is 7.99. The third-order valence-corrected chi connectivity index (χ3v) is 4.18. The van der Waals surface area contributed by atoms with Crippen LogP contribution in [0.15, 0.2) is 24.3 Å². The van der Waals surface area contributed by atoms with Gasteiger partial charge in [-0.3, -0.25) is 9.69 Å². The first kappa shape index (κ1) is 17.5. The van der Waals surface area contributed by atoms with E-state index in [1.165, 1.54) is 16.7 Å². The maximum absolute atomic E-state index is 12.4. The fourth-order valence-electron chi connectivity index (χ4n) is 2.06. The molecule has 1 N–H and O–H groups in total. The molecule has 1 aromatic rings. The van der Waals surface area contributed by atoms with Crippen LogP contribution in [-0.4, -0.2) is 47.3 Å². The van der Waals surface area contributed by atoms with Gasteiger partial charge < -0.3 is 14.8 Å². The predicted octanol–water partition coefficient (Wildman–Crippen LogP) is 2.94. The van der Waals surface area contributed by atoms with Crippen LogP contribution in [0.4, 0.5) is 10.5 Å². The van der Waals surface area contributed by atoms with Gasteiger partial charge in [0.25, 0.3) is 0 Å². The Balaban J connectivity index is 2.00. The minimum Gasteiger partial charge on any atom is -0.497 e. The lowest BCUT2D eigenvalue weighted by Gasteiger charge is -2.27. The van der Waals surface area contributed by atoms with Crippen LogP contribution in [-0.2, 0) is 9.53 Å². The van der Waals surface area contributed by atoms with Gasteiger partial charge in [-0.1, -0.05) is 0 Å². The Labute approximate surface area is 140 Å². The normalized spacial score (nSPS) is 17.7. The molecule has 2 rings (SSSR count). The molecule has 7 heteroatoms. The average molecular weight is 338 g/mol. The van der Waals surface area contributed by atoms with Gasteiger partial charge in [0.15, 0.2) is 0 Å². The number of hydrogen-bond donors (Lipinski definition) is 1. The number of methoxy groups -OCH3 is 1. The number of amides is 2. The molecule has 1 aliphatic heterocycles. The van der Waals surface area contributed by atoms with Gasteiger partial charge in [-0.2, -0.15) is 0 Å². The minimum atomic E-state index is -0.582. The third kappa shape index (κ3) is 4.79. The lowest BCUT2D eigenvalue weighted by atomic mass is 10.2. The van der Waals surface area contributed by atoms with E-state index >= 15 is 0 Å². The van der Waals surface area contributed by atoms with Gasteiger partial charge in [0.1, 0.15) is 17.4 Å². The van der Waals surface area contributed by atoms with Crippen LogP contribution >= 0.6 is 11.8 Å². The van der Waals surface area contributed by atoms with Crippen LogP contribution in [0.2, 0.25) is 0 Å². The zero-order valence-electron chi connectivity index (χ0n) is 13.8. The van der Waals surface area contributed by atoms with E-state index in [1.54, 1.807) is 52.1 Å². The molecule has 0 bridgehead atoms. The van der Waals surface area contributed by atoms with Crippen molar-refractivity contribution in [3.05, 3.63) is 24.3 Å². The topological polar surface area (TPSA) is 67.9 Å². The SMILES string of the molecule is COc1ccc(NC(=O)[C@@H]2CSCN2C(=O)OC(C)(C)C)cc1. The highest BCUT2D eigenvalue weighted by Crippen LogP contribution is 2.25. The van der Waals surface area contributed by atoms with Crippen LogP contribution in [0.1, 0.15) is 20.8 Å². The highest BCUT2D eigenvalue weighted by Gasteiger charge is 2.37. The van der Waals surface area contributed by atoms with Crippen molar-refractivity contribution in [2.24, 2.45) is 0 Å². The summed E-state index contributed by atoms with van der Waals surface area (Å²) in [4.78, 5) is 26.1. The summed E-state index contributed by atoms with van der Waals surface area (Å²) in [5, 5.41) is 2.83. The smallest absolute Gasteiger partial charge is 0.411 e. The molecule has 2 amide bonds. The van der Waals surface area contributed by atoms with Gasteiger partial charge in [0.2, 0.25) is 5.91 Å². The second kappa shape index (κ2) is 7.12. The summed E-state index contributed by atoms with van der Waals surface area (Å²) in [6.45, 7) is 5.42. The molecule has 1 heterocycles. The van der Waals surface area contributed by atoms with Gasteiger partial charge in [-0.05, 0) is 45.0 Å². The van der Waals surface area contributed by atoms with Crippen molar-refractivity contribution < 1.29 is 19.1 Å². The molecule has 0 spiro atoms. The summed E-state index contributed by atoms with van der Waals surface area (Å²) < 4.78 is 10.4. The second-order valence-electron chi connectivity index (χ2n) is 6.18. The van der Waals surface area contributed by atoms with E-state index in [1.807, 2.05) is 0 Å². The van der Waals surface area contributed by atoms with Gasteiger partial charge >= 0.3 is 6.09 Å². The Morgan fingerprint density at radius 2 is 1.91 bits per heavy atom. The molecule has 0 radical (unpaired) electrons. The summed E-state index contributed by atoms with van der Waals surface area (Å²) in [6.07, 6.45) is -0.461. The standard InChI is InChI=1S/C16H22N2O4S/c1-16(2,3)22-15(20)18-10-23-9-13(18)14(19)17-11-5-7-12(21-4)8-6-11/h5-8,13H,9-10H2,1-4H3,(H,17,19)/t13-/m0/s1. The first-order chi connectivity index (χ1) is 10.8. The predicted molar refractivity (Wildman–Crippen MR) is 90.8 cm³/mol. The summed E-state index contributed by atoms with van der Waals surface area (Å²) in [5.41, 5.74) is 0.0817. The summed E-state index contributed by atoms with van der Waals surface area (Å²) in [6, 6.07) is 6.53. The average Bonchev–Trinajstić information content (AvgIpc) is 2.96. The van der Waals surface area contributed by atoms with E-state index in [0.717, 1.165) is 5.75 Å². The van der Waals surface area contributed by atoms with Gasteiger partial charge in [0.05, 0.1) is 13.0 Å². The number of ether oxygens (including phenoxy) is 2. The Kier molecular flexibility index (Phi) is 5.41. The van der Waals surface area contributed by atoms with Crippen molar-refractivity contribution in [2.45, 2.75) is 32.4 Å². The van der Waals surface area contributed by atoms with Gasteiger partial charge in [-0.15, -0.1) is 11.8 Å². The number of hydrogen-bond acceptors (Lipinski definition) is 5. The number of anilines is 1. The van der Waals surface area contributed by atoms with Crippen molar-refractivity contribution >= 4 is 29.4 Å². The van der Waals surface area contributed by atoms with Crippen molar-refractivity contribution in [3.8, 4) is 5.75 Å². The lowest BCUT2D eigenvalue weighted by Crippen LogP contribution is -2.46. The Morgan fingerprint density at radius 1 is 1.26 bits per heavy atom. The first-order valence-corrected chi connectivity index (χ1v) is 8.48. The molecule has 0 aromatic heterocycles. The third-order valence-electron chi connectivity index (χ3n) is 3.17. The van der Waals surface area contributed by atoms with E-state index in [9.17, 15) is 9.59 Å². The molecule has 23 heavy (non-hydrogen) atoms. The number of thioether (sulfide) groups is 1. The van der Waals surface area contributed by atoms with Crippen LogP contribution in [0.3, 0.4) is 0 Å². The summed E-state index contributed by atoms with van der Waals surface area (Å²) in [7, 11) is 1.59. The molecule has 1 aliphatic rings. The molecule has 1 atom stereocenters. The first-order valence-electron chi connectivity index (χ1n) is 7.32. The quantitative estimate of drug-likeness (QED) is 0.918. The fraction of sp³-hybridized carbons (Fsp3) is 0.500. The van der Waals surface area contributed by atoms with E-state index < -0.39 is 17.7 Å². The number of nitrogens with zero attached hydrogens (tertiary/aromatic N) is 1. The Bertz CT molecular complexity index is 568. The minimum absolute atomic E-state index is 0.217. The van der Waals surface area contributed by atoms with Crippen LogP contribution in [0.5, 0.6) is 5.75 Å². The summed E-state index contributed by atoms with van der Waals surface area (Å²) >= 11 is 1.53. The molecule has 6 nitrogen and oxygen atoms in total. The Hall–Kier alpha value is -1.89. The zero-order chi connectivity index (χ0) is 17.0. The second-order valence-corrected chi connectivity index (χ2v) is 7.18. The van der Waals surface area contributed by atoms with Crippen molar-refractivity contribution in [3.63, 3.8) is 0 Å². The molecule has 1 saturated heterocycles. The highest BCUT2D eigenvalue weighted by atomic mass is 32.2. The van der Waals surface area contributed by atoms with Crippen molar-refractivity contribution in [1.29, 1.82) is 0 Å². The zero-order valence-corrected chi connectivity index (χ0v) is 14.6. The molecular weight excluding hydrogens is 316 g/mol. The lowest BCUT2D eigenvalue weighted by molar-refractivity contribution is -0.120. The maximum Gasteiger partial charge on any atom is 0.411 e. The summed E-state index contributed by atoms with van der Waals surface area (Å²) in [5.74, 6) is 1.51. The van der Waals surface area contributed by atoms with E-state index in [-0.39, 0.29) is 5.91 Å². The van der Waals surface area contributed by atoms with Crippen molar-refractivity contribution in [2.75, 3.05) is 24.1 Å². The molecule has 126 valence electrons. The van der Waals surface area contributed by atoms with Crippen LogP contribution in [0.25, 0.3) is 0 Å². The van der Waals surface area contributed by atoms with Crippen LogP contribution < -0.4 is 10.1 Å². The molecular formula is C16H22N2O4S. The molecule has 0 unspecified atom stereocenters. The Morgan fingerprint density at radius 3 is 2.48 bits per heavy atom. The monoisotopic (exact) mass is 338 g/mol. The largest absolute Gasteiger partial charge is 0.497 e. The number of rotatable bonds is 3. The number of carbonyl (C=O) groups excluding carboxylic acids is 2. The van der Waals surface area contributed by atoms with Crippen LogP contribution in [0, 0.1) is 0 Å². The van der Waals surface area contributed by atoms with Crippen molar-refractivity contribution in [1.82, 2.24) is 4.90 Å².